The molecule has 1 aromatic carbocycles. The van der Waals surface area contributed by atoms with Gasteiger partial charge in [0, 0.05) is 23.2 Å². The van der Waals surface area contributed by atoms with Crippen molar-refractivity contribution < 1.29 is 0 Å². The molecule has 3 N–H and O–H groups in total. The second kappa shape index (κ2) is 4.88. The third-order valence-corrected chi connectivity index (χ3v) is 3.69. The van der Waals surface area contributed by atoms with Gasteiger partial charge in [0.25, 0.3) is 5.56 Å². The minimum Gasteiger partial charge on any atom is -0.399 e. The first-order valence-electron chi connectivity index (χ1n) is 6.69. The summed E-state index contributed by atoms with van der Waals surface area (Å²) in [5, 5.41) is 0. The molecule has 1 aliphatic rings. The molecular weight excluding hydrogens is 238 g/mol. The van der Waals surface area contributed by atoms with Crippen LogP contribution in [0.3, 0.4) is 0 Å². The molecule has 0 radical (unpaired) electrons. The third-order valence-electron chi connectivity index (χ3n) is 3.69. The Morgan fingerprint density at radius 1 is 1.21 bits per heavy atom. The molecule has 0 bridgehead atoms. The zero-order valence-corrected chi connectivity index (χ0v) is 10.7. The minimum atomic E-state index is -0.0886. The predicted molar refractivity (Wildman–Crippen MR) is 75.9 cm³/mol. The van der Waals surface area contributed by atoms with Gasteiger partial charge in [0.15, 0.2) is 0 Å². The Kier molecular flexibility index (Phi) is 3.07. The number of aromatic amines is 1. The molecule has 4 heteroatoms. The van der Waals surface area contributed by atoms with Gasteiger partial charge in [0.1, 0.15) is 5.82 Å². The highest BCUT2D eigenvalue weighted by molar-refractivity contribution is 5.60. The van der Waals surface area contributed by atoms with Gasteiger partial charge in [-0.05, 0) is 25.0 Å². The van der Waals surface area contributed by atoms with Gasteiger partial charge in [-0.2, -0.15) is 0 Å². The molecule has 3 rings (SSSR count). The lowest BCUT2D eigenvalue weighted by Crippen LogP contribution is -2.12. The van der Waals surface area contributed by atoms with Crippen LogP contribution in [0, 0.1) is 0 Å². The van der Waals surface area contributed by atoms with Crippen LogP contribution in [0.5, 0.6) is 0 Å². The first-order chi connectivity index (χ1) is 9.22. The van der Waals surface area contributed by atoms with Crippen molar-refractivity contribution in [3.63, 3.8) is 0 Å². The fourth-order valence-electron chi connectivity index (χ4n) is 2.73. The molecular formula is C15H17N3O. The molecule has 1 heterocycles. The predicted octanol–water partition coefficient (Wildman–Crippen LogP) is 2.68. The van der Waals surface area contributed by atoms with Gasteiger partial charge < -0.3 is 10.7 Å². The third kappa shape index (κ3) is 2.52. The Morgan fingerprint density at radius 3 is 2.74 bits per heavy atom. The smallest absolute Gasteiger partial charge is 0.251 e. The summed E-state index contributed by atoms with van der Waals surface area (Å²) in [7, 11) is 0. The van der Waals surface area contributed by atoms with Crippen LogP contribution >= 0.6 is 0 Å². The van der Waals surface area contributed by atoms with E-state index < -0.39 is 0 Å². The molecule has 1 fully saturated rings. The molecule has 98 valence electrons. The summed E-state index contributed by atoms with van der Waals surface area (Å²) in [4.78, 5) is 19.2. The molecule has 0 unspecified atom stereocenters. The van der Waals surface area contributed by atoms with Crippen LogP contribution in [0.1, 0.15) is 37.3 Å². The zero-order valence-electron chi connectivity index (χ0n) is 10.7. The quantitative estimate of drug-likeness (QED) is 0.810. The number of hydrogen-bond donors (Lipinski definition) is 2. The second-order valence-electron chi connectivity index (χ2n) is 5.13. The molecule has 0 amide bonds. The van der Waals surface area contributed by atoms with E-state index in [2.05, 4.69) is 9.97 Å². The van der Waals surface area contributed by atoms with Crippen LogP contribution in [0.2, 0.25) is 0 Å². The highest BCUT2D eigenvalue weighted by Crippen LogP contribution is 2.33. The van der Waals surface area contributed by atoms with Gasteiger partial charge in [-0.25, -0.2) is 4.98 Å². The van der Waals surface area contributed by atoms with Crippen molar-refractivity contribution in [3.05, 3.63) is 46.4 Å². The van der Waals surface area contributed by atoms with Gasteiger partial charge in [-0.3, -0.25) is 4.79 Å². The van der Waals surface area contributed by atoms with E-state index in [1.165, 1.54) is 12.8 Å². The number of nitrogens with one attached hydrogen (secondary N) is 1. The first-order valence-corrected chi connectivity index (χ1v) is 6.69. The number of benzene rings is 1. The Morgan fingerprint density at radius 2 is 2.00 bits per heavy atom. The van der Waals surface area contributed by atoms with Crippen LogP contribution in [-0.4, -0.2) is 9.97 Å². The van der Waals surface area contributed by atoms with Crippen LogP contribution in [0.25, 0.3) is 11.4 Å². The van der Waals surface area contributed by atoms with Crippen molar-refractivity contribution in [2.24, 2.45) is 0 Å². The SMILES string of the molecule is Nc1cccc(-c2nc(C3CCCC3)cc(=O)[nH]2)c1. The monoisotopic (exact) mass is 255 g/mol. The van der Waals surface area contributed by atoms with E-state index in [-0.39, 0.29) is 5.56 Å². The van der Waals surface area contributed by atoms with Crippen molar-refractivity contribution >= 4 is 5.69 Å². The van der Waals surface area contributed by atoms with Crippen molar-refractivity contribution in [1.82, 2.24) is 9.97 Å². The highest BCUT2D eigenvalue weighted by Gasteiger charge is 2.19. The molecule has 19 heavy (non-hydrogen) atoms. The summed E-state index contributed by atoms with van der Waals surface area (Å²) in [6.07, 6.45) is 4.72. The Balaban J connectivity index is 2.04. The molecule has 0 atom stereocenters. The first kappa shape index (κ1) is 12.0. The summed E-state index contributed by atoms with van der Waals surface area (Å²) < 4.78 is 0. The lowest BCUT2D eigenvalue weighted by Gasteiger charge is -2.10. The fourth-order valence-corrected chi connectivity index (χ4v) is 2.73. The minimum absolute atomic E-state index is 0.0886. The van der Waals surface area contributed by atoms with Crippen molar-refractivity contribution in [2.45, 2.75) is 31.6 Å². The van der Waals surface area contributed by atoms with Crippen molar-refractivity contribution in [1.29, 1.82) is 0 Å². The molecule has 0 spiro atoms. The van der Waals surface area contributed by atoms with Crippen molar-refractivity contribution in [3.8, 4) is 11.4 Å². The maximum atomic E-state index is 11.8. The van der Waals surface area contributed by atoms with Gasteiger partial charge >= 0.3 is 0 Å². The summed E-state index contributed by atoms with van der Waals surface area (Å²) in [6, 6.07) is 9.06. The van der Waals surface area contributed by atoms with Crippen LogP contribution in [0.15, 0.2) is 35.1 Å². The number of anilines is 1. The summed E-state index contributed by atoms with van der Waals surface area (Å²) in [5.74, 6) is 1.05. The number of nitrogens with zero attached hydrogens (tertiary/aromatic N) is 1. The lowest BCUT2D eigenvalue weighted by atomic mass is 10.0. The molecule has 1 aromatic heterocycles. The summed E-state index contributed by atoms with van der Waals surface area (Å²) >= 11 is 0. The Hall–Kier alpha value is -2.10. The number of hydrogen-bond acceptors (Lipinski definition) is 3. The maximum absolute atomic E-state index is 11.8. The van der Waals surface area contributed by atoms with E-state index in [1.807, 2.05) is 24.3 Å². The molecule has 1 saturated carbocycles. The average molecular weight is 255 g/mol. The Bertz CT molecular complexity index is 642. The van der Waals surface area contributed by atoms with Crippen molar-refractivity contribution in [2.75, 3.05) is 5.73 Å². The molecule has 0 saturated heterocycles. The number of nitrogen functional groups attached to an aromatic ring is 1. The summed E-state index contributed by atoms with van der Waals surface area (Å²) in [6.45, 7) is 0. The standard InChI is InChI=1S/C15H17N3O/c16-12-7-3-6-11(8-12)15-17-13(9-14(19)18-15)10-4-1-2-5-10/h3,6-10H,1-2,4-5,16H2,(H,17,18,19). The maximum Gasteiger partial charge on any atom is 0.251 e. The summed E-state index contributed by atoms with van der Waals surface area (Å²) in [5.41, 5.74) is 8.13. The largest absolute Gasteiger partial charge is 0.399 e. The second-order valence-corrected chi connectivity index (χ2v) is 5.13. The average Bonchev–Trinajstić information content (AvgIpc) is 2.92. The van der Waals surface area contributed by atoms with Gasteiger partial charge in [-0.1, -0.05) is 25.0 Å². The van der Waals surface area contributed by atoms with Crippen LogP contribution in [-0.2, 0) is 0 Å². The fraction of sp³-hybridized carbons (Fsp3) is 0.333. The normalized spacial score (nSPS) is 15.8. The van der Waals surface area contributed by atoms with E-state index in [4.69, 9.17) is 5.73 Å². The van der Waals surface area contributed by atoms with Crippen LogP contribution in [0.4, 0.5) is 5.69 Å². The molecule has 1 aliphatic carbocycles. The van der Waals surface area contributed by atoms with Gasteiger partial charge in [0.2, 0.25) is 0 Å². The van der Waals surface area contributed by atoms with Crippen LogP contribution < -0.4 is 11.3 Å². The van der Waals surface area contributed by atoms with E-state index in [9.17, 15) is 4.79 Å². The molecule has 2 aromatic rings. The number of rotatable bonds is 2. The van der Waals surface area contributed by atoms with E-state index in [0.29, 0.717) is 17.4 Å². The number of H-pyrrole nitrogens is 1. The number of aromatic nitrogens is 2. The number of nitrogens with two attached hydrogens (primary N) is 1. The molecule has 0 aliphatic heterocycles. The Labute approximate surface area is 111 Å². The van der Waals surface area contributed by atoms with Gasteiger partial charge in [0.05, 0.1) is 5.69 Å². The topological polar surface area (TPSA) is 71.8 Å². The lowest BCUT2D eigenvalue weighted by molar-refractivity contribution is 0.693. The van der Waals surface area contributed by atoms with E-state index >= 15 is 0 Å². The zero-order chi connectivity index (χ0) is 13.2. The molecule has 4 nitrogen and oxygen atoms in total. The van der Waals surface area contributed by atoms with E-state index in [1.54, 1.807) is 6.07 Å². The van der Waals surface area contributed by atoms with Gasteiger partial charge in [-0.15, -0.1) is 0 Å². The van der Waals surface area contributed by atoms with E-state index in [0.717, 1.165) is 24.1 Å². The highest BCUT2D eigenvalue weighted by atomic mass is 16.1.